The third kappa shape index (κ3) is 4.36. The van der Waals surface area contributed by atoms with Gasteiger partial charge in [-0.2, -0.15) is 15.1 Å². The zero-order valence-electron chi connectivity index (χ0n) is 18.4. The Hall–Kier alpha value is -3.42. The highest BCUT2D eigenvalue weighted by Gasteiger charge is 2.35. The Morgan fingerprint density at radius 3 is 2.82 bits per heavy atom. The summed E-state index contributed by atoms with van der Waals surface area (Å²) in [6.07, 6.45) is 3.31. The number of fused-ring (bicyclic) bond motifs is 2. The van der Waals surface area contributed by atoms with Crippen LogP contribution in [0.4, 0.5) is 0 Å². The van der Waals surface area contributed by atoms with Gasteiger partial charge in [-0.1, -0.05) is 61.0 Å². The van der Waals surface area contributed by atoms with E-state index in [1.807, 2.05) is 24.3 Å². The smallest absolute Gasteiger partial charge is 0.283 e. The number of nitrogens with one attached hydrogen (secondary N) is 1. The zero-order chi connectivity index (χ0) is 23.7. The molecule has 3 aromatic carbocycles. The van der Waals surface area contributed by atoms with Crippen molar-refractivity contribution < 1.29 is 9.53 Å². The first-order valence-corrected chi connectivity index (χ1v) is 12.1. The Kier molecular flexibility index (Phi) is 6.22. The number of carbonyl (C=O) groups is 1. The van der Waals surface area contributed by atoms with Crippen LogP contribution in [0.15, 0.2) is 76.3 Å². The van der Waals surface area contributed by atoms with Gasteiger partial charge < -0.3 is 4.74 Å². The van der Waals surface area contributed by atoms with Crippen molar-refractivity contribution in [1.29, 1.82) is 5.41 Å². The molecule has 0 saturated heterocycles. The first-order valence-electron chi connectivity index (χ1n) is 10.9. The lowest BCUT2D eigenvalue weighted by Gasteiger charge is -2.20. The van der Waals surface area contributed by atoms with Crippen molar-refractivity contribution in [2.24, 2.45) is 10.1 Å². The van der Waals surface area contributed by atoms with Crippen LogP contribution in [0.2, 0.25) is 5.02 Å². The molecule has 1 N–H and O–H groups in total. The molecule has 0 radical (unpaired) electrons. The fraction of sp³-hybridized carbons (Fsp3) is 0.154. The van der Waals surface area contributed by atoms with Gasteiger partial charge in [-0.05, 0) is 65.2 Å². The van der Waals surface area contributed by atoms with Crippen molar-refractivity contribution in [3.05, 3.63) is 82.4 Å². The van der Waals surface area contributed by atoms with Crippen molar-refractivity contribution in [1.82, 2.24) is 5.01 Å². The lowest BCUT2D eigenvalue weighted by Crippen LogP contribution is -2.35. The molecule has 0 saturated carbocycles. The highest BCUT2D eigenvalue weighted by atomic mass is 35.5. The van der Waals surface area contributed by atoms with Crippen molar-refractivity contribution in [2.45, 2.75) is 26.4 Å². The largest absolute Gasteiger partial charge is 0.488 e. The summed E-state index contributed by atoms with van der Waals surface area (Å²) in [4.78, 5) is 16.9. The molecule has 2 aliphatic rings. The normalized spacial score (nSPS) is 16.6. The van der Waals surface area contributed by atoms with Gasteiger partial charge in [-0.15, -0.1) is 0 Å². The number of aliphatic imine (C=N–C) groups is 1. The maximum Gasteiger partial charge on any atom is 0.283 e. The second kappa shape index (κ2) is 9.44. The van der Waals surface area contributed by atoms with Gasteiger partial charge in [0.15, 0.2) is 5.84 Å². The summed E-state index contributed by atoms with van der Waals surface area (Å²) in [7, 11) is 0. The predicted octanol–water partition coefficient (Wildman–Crippen LogP) is 6.49. The lowest BCUT2D eigenvalue weighted by atomic mass is 10.1. The van der Waals surface area contributed by atoms with E-state index in [0.29, 0.717) is 28.1 Å². The summed E-state index contributed by atoms with van der Waals surface area (Å²) >= 11 is 7.60. The Balaban J connectivity index is 1.45. The standard InChI is InChI=1S/C26H21ClN4O2S/c1-2-6-23-30-31-24(28)21(25(32)29-26(31)34-23)14-18-13-19(27)11-12-22(18)33-15-17-9-5-8-16-7-3-4-10-20(16)17/h3-5,7-14,28H,2,6,15H2,1H3. The van der Waals surface area contributed by atoms with Gasteiger partial charge in [-0.3, -0.25) is 10.2 Å². The van der Waals surface area contributed by atoms with E-state index < -0.39 is 5.91 Å². The van der Waals surface area contributed by atoms with Gasteiger partial charge in [0.05, 0.1) is 5.57 Å². The van der Waals surface area contributed by atoms with E-state index in [0.717, 1.165) is 34.2 Å². The van der Waals surface area contributed by atoms with Gasteiger partial charge in [-0.25, -0.2) is 0 Å². The summed E-state index contributed by atoms with van der Waals surface area (Å²) in [6.45, 7) is 2.41. The maximum absolute atomic E-state index is 12.8. The minimum absolute atomic E-state index is 0.00594. The van der Waals surface area contributed by atoms with E-state index in [-0.39, 0.29) is 11.4 Å². The molecule has 3 aromatic rings. The van der Waals surface area contributed by atoms with Crippen LogP contribution >= 0.6 is 23.4 Å². The van der Waals surface area contributed by atoms with Crippen molar-refractivity contribution in [2.75, 3.05) is 0 Å². The van der Waals surface area contributed by atoms with Gasteiger partial charge in [0.25, 0.3) is 5.91 Å². The van der Waals surface area contributed by atoms with E-state index in [1.54, 1.807) is 24.3 Å². The Morgan fingerprint density at radius 2 is 1.97 bits per heavy atom. The third-order valence-electron chi connectivity index (χ3n) is 5.49. The molecule has 6 nitrogen and oxygen atoms in total. The fourth-order valence-corrected chi connectivity index (χ4v) is 5.01. The monoisotopic (exact) mass is 488 g/mol. The molecule has 0 spiro atoms. The third-order valence-corrected chi connectivity index (χ3v) is 6.70. The number of amides is 1. The number of benzene rings is 3. The first kappa shape index (κ1) is 22.4. The molecule has 2 heterocycles. The molecule has 0 fully saturated rings. The van der Waals surface area contributed by atoms with Gasteiger partial charge in [0, 0.05) is 10.6 Å². The maximum atomic E-state index is 12.8. The highest BCUT2D eigenvalue weighted by molar-refractivity contribution is 8.26. The molecule has 34 heavy (non-hydrogen) atoms. The Morgan fingerprint density at radius 1 is 1.15 bits per heavy atom. The molecule has 0 atom stereocenters. The van der Waals surface area contributed by atoms with E-state index in [1.165, 1.54) is 16.8 Å². The van der Waals surface area contributed by atoms with Crippen molar-refractivity contribution >= 4 is 62.2 Å². The molecule has 170 valence electrons. The number of rotatable bonds is 6. The number of ether oxygens (including phenoxy) is 1. The average Bonchev–Trinajstić information content (AvgIpc) is 3.24. The molecule has 0 bridgehead atoms. The Bertz CT molecular complexity index is 1410. The van der Waals surface area contributed by atoms with Gasteiger partial charge in [0.2, 0.25) is 5.17 Å². The number of carbonyl (C=O) groups excluding carboxylic acids is 1. The van der Waals surface area contributed by atoms with Crippen LogP contribution in [0.3, 0.4) is 0 Å². The number of hydrogen-bond donors (Lipinski definition) is 1. The van der Waals surface area contributed by atoms with Crippen LogP contribution in [0.25, 0.3) is 16.8 Å². The lowest BCUT2D eigenvalue weighted by molar-refractivity contribution is -0.114. The van der Waals surface area contributed by atoms with Crippen LogP contribution < -0.4 is 4.74 Å². The molecular formula is C26H21ClN4O2S. The van der Waals surface area contributed by atoms with Crippen LogP contribution in [0.5, 0.6) is 5.75 Å². The van der Waals surface area contributed by atoms with Gasteiger partial charge in [0.1, 0.15) is 17.4 Å². The average molecular weight is 489 g/mol. The summed E-state index contributed by atoms with van der Waals surface area (Å²) < 4.78 is 6.17. The Labute approximate surface area is 206 Å². The van der Waals surface area contributed by atoms with Crippen LogP contribution in [0.1, 0.15) is 30.9 Å². The molecule has 8 heteroatoms. The molecule has 1 amide bonds. The summed E-state index contributed by atoms with van der Waals surface area (Å²) in [5.41, 5.74) is 1.79. The molecular weight excluding hydrogens is 468 g/mol. The quantitative estimate of drug-likeness (QED) is 0.402. The summed E-state index contributed by atoms with van der Waals surface area (Å²) in [5.74, 6) is 0.0800. The number of amidine groups is 2. The predicted molar refractivity (Wildman–Crippen MR) is 140 cm³/mol. The van der Waals surface area contributed by atoms with E-state index in [4.69, 9.17) is 21.7 Å². The molecule has 5 rings (SSSR count). The molecule has 0 aromatic heterocycles. The van der Waals surface area contributed by atoms with Crippen molar-refractivity contribution in [3.8, 4) is 5.75 Å². The SMILES string of the molecule is CCCC1=NN2C(=N)C(=Cc3cc(Cl)ccc3OCc3cccc4ccccc34)C(=O)N=C2S1. The topological polar surface area (TPSA) is 78.1 Å². The summed E-state index contributed by atoms with van der Waals surface area (Å²) in [5, 5.41) is 18.5. The number of hydrogen-bond acceptors (Lipinski definition) is 5. The molecule has 0 unspecified atom stereocenters. The van der Waals surface area contributed by atoms with E-state index in [9.17, 15) is 4.79 Å². The van der Waals surface area contributed by atoms with Crippen LogP contribution in [0, 0.1) is 5.41 Å². The fourth-order valence-electron chi connectivity index (χ4n) is 3.84. The van der Waals surface area contributed by atoms with E-state index >= 15 is 0 Å². The number of halogens is 1. The van der Waals surface area contributed by atoms with Gasteiger partial charge >= 0.3 is 0 Å². The van der Waals surface area contributed by atoms with Crippen molar-refractivity contribution in [3.63, 3.8) is 0 Å². The number of thioether (sulfide) groups is 1. The summed E-state index contributed by atoms with van der Waals surface area (Å²) in [6, 6.07) is 19.5. The molecule has 0 aliphatic carbocycles. The van der Waals surface area contributed by atoms with Crippen LogP contribution in [-0.2, 0) is 11.4 Å². The van der Waals surface area contributed by atoms with E-state index in [2.05, 4.69) is 35.2 Å². The minimum Gasteiger partial charge on any atom is -0.488 e. The minimum atomic E-state index is -0.475. The number of hydrazone groups is 1. The zero-order valence-corrected chi connectivity index (χ0v) is 20.0. The molecule has 2 aliphatic heterocycles. The second-order valence-corrected chi connectivity index (χ2v) is 9.35. The van der Waals surface area contributed by atoms with Crippen LogP contribution in [-0.4, -0.2) is 27.0 Å². The highest BCUT2D eigenvalue weighted by Crippen LogP contribution is 2.32. The number of nitrogens with zero attached hydrogens (tertiary/aromatic N) is 3. The first-order chi connectivity index (χ1) is 16.5. The second-order valence-electron chi connectivity index (χ2n) is 7.87.